The number of carbonyl (C=O) groups is 2. The molecule has 0 aliphatic carbocycles. The molecule has 4 nitrogen and oxygen atoms in total. The van der Waals surface area contributed by atoms with E-state index in [1.165, 1.54) is 4.88 Å². The summed E-state index contributed by atoms with van der Waals surface area (Å²) >= 11 is 1.69. The van der Waals surface area contributed by atoms with Crippen molar-refractivity contribution in [1.29, 1.82) is 0 Å². The summed E-state index contributed by atoms with van der Waals surface area (Å²) in [5.74, 6) is 0.516. The van der Waals surface area contributed by atoms with E-state index < -0.39 is 0 Å². The van der Waals surface area contributed by atoms with Gasteiger partial charge in [0.2, 0.25) is 5.91 Å². The van der Waals surface area contributed by atoms with Crippen LogP contribution in [0, 0.1) is 5.92 Å². The van der Waals surface area contributed by atoms with E-state index in [0.29, 0.717) is 17.9 Å². The molecule has 0 spiro atoms. The van der Waals surface area contributed by atoms with Crippen molar-refractivity contribution in [2.24, 2.45) is 5.92 Å². The topological polar surface area (TPSA) is 49.4 Å². The molecule has 1 N–H and O–H groups in total. The van der Waals surface area contributed by atoms with Gasteiger partial charge in [0.25, 0.3) is 5.91 Å². The van der Waals surface area contributed by atoms with Gasteiger partial charge in [0.15, 0.2) is 0 Å². The van der Waals surface area contributed by atoms with Crippen molar-refractivity contribution >= 4 is 28.8 Å². The Kier molecular flexibility index (Phi) is 6.09. The zero-order valence-corrected chi connectivity index (χ0v) is 16.2. The van der Waals surface area contributed by atoms with Gasteiger partial charge in [-0.05, 0) is 48.1 Å². The van der Waals surface area contributed by atoms with E-state index >= 15 is 0 Å². The maximum atomic E-state index is 12.8. The predicted molar refractivity (Wildman–Crippen MR) is 107 cm³/mol. The van der Waals surface area contributed by atoms with Gasteiger partial charge in [-0.25, -0.2) is 0 Å². The smallest absolute Gasteiger partial charge is 0.251 e. The van der Waals surface area contributed by atoms with Crippen LogP contribution in [0.2, 0.25) is 0 Å². The van der Waals surface area contributed by atoms with Gasteiger partial charge >= 0.3 is 0 Å². The molecule has 2 aromatic rings. The van der Waals surface area contributed by atoms with Crippen molar-refractivity contribution in [1.82, 2.24) is 5.32 Å². The van der Waals surface area contributed by atoms with E-state index in [0.717, 1.165) is 31.5 Å². The molecule has 3 rings (SSSR count). The van der Waals surface area contributed by atoms with Crippen molar-refractivity contribution in [3.8, 4) is 0 Å². The second-order valence-corrected chi connectivity index (χ2v) is 7.72. The van der Waals surface area contributed by atoms with Crippen LogP contribution in [0.15, 0.2) is 41.8 Å². The van der Waals surface area contributed by atoms with Gasteiger partial charge in [0.05, 0.1) is 6.04 Å². The van der Waals surface area contributed by atoms with Crippen LogP contribution in [0.1, 0.15) is 60.8 Å². The number of carbonyl (C=O) groups excluding carboxylic acids is 2. The van der Waals surface area contributed by atoms with Crippen LogP contribution in [0.5, 0.6) is 0 Å². The minimum absolute atomic E-state index is 0.0392. The summed E-state index contributed by atoms with van der Waals surface area (Å²) in [6, 6.07) is 11.5. The summed E-state index contributed by atoms with van der Waals surface area (Å²) in [6.45, 7) is 5.10. The number of amides is 2. The van der Waals surface area contributed by atoms with Crippen LogP contribution in [0.3, 0.4) is 0 Å². The first-order chi connectivity index (χ1) is 12.6. The lowest BCUT2D eigenvalue weighted by Crippen LogP contribution is -2.32. The number of benzene rings is 1. The third-order valence-electron chi connectivity index (χ3n) is 5.17. The van der Waals surface area contributed by atoms with Crippen LogP contribution in [-0.2, 0) is 4.79 Å². The maximum absolute atomic E-state index is 12.8. The highest BCUT2D eigenvalue weighted by Crippen LogP contribution is 2.31. The van der Waals surface area contributed by atoms with Crippen molar-refractivity contribution < 1.29 is 9.59 Å². The summed E-state index contributed by atoms with van der Waals surface area (Å²) in [7, 11) is 0. The maximum Gasteiger partial charge on any atom is 0.251 e. The molecule has 1 saturated heterocycles. The number of nitrogens with one attached hydrogen (secondary N) is 1. The van der Waals surface area contributed by atoms with Gasteiger partial charge in [-0.3, -0.25) is 9.59 Å². The zero-order valence-electron chi connectivity index (χ0n) is 15.4. The Morgan fingerprint density at radius 3 is 2.46 bits per heavy atom. The molecule has 1 unspecified atom stereocenters. The number of hydrogen-bond donors (Lipinski definition) is 1. The van der Waals surface area contributed by atoms with E-state index in [1.807, 2.05) is 30.3 Å². The fraction of sp³-hybridized carbons (Fsp3) is 0.429. The number of thiophene rings is 1. The van der Waals surface area contributed by atoms with Crippen molar-refractivity contribution in [2.45, 2.75) is 45.6 Å². The SMILES string of the molecule is CCC(CC)C(NC(=O)c1ccc(N2CCCC2=O)cc1)c1cccs1. The van der Waals surface area contributed by atoms with E-state index in [-0.39, 0.29) is 17.9 Å². The van der Waals surface area contributed by atoms with Gasteiger partial charge in [0, 0.05) is 29.1 Å². The average Bonchev–Trinajstić information content (AvgIpc) is 3.33. The molecular weight excluding hydrogens is 344 g/mol. The Morgan fingerprint density at radius 2 is 1.92 bits per heavy atom. The molecule has 26 heavy (non-hydrogen) atoms. The zero-order chi connectivity index (χ0) is 18.5. The second-order valence-electron chi connectivity index (χ2n) is 6.74. The molecule has 2 amide bonds. The Balaban J connectivity index is 1.74. The Labute approximate surface area is 159 Å². The summed E-state index contributed by atoms with van der Waals surface area (Å²) in [5.41, 5.74) is 1.51. The molecule has 1 aromatic carbocycles. The van der Waals surface area contributed by atoms with Crippen LogP contribution < -0.4 is 10.2 Å². The van der Waals surface area contributed by atoms with Crippen LogP contribution in [0.4, 0.5) is 5.69 Å². The fourth-order valence-electron chi connectivity index (χ4n) is 3.59. The van der Waals surface area contributed by atoms with Crippen LogP contribution >= 0.6 is 11.3 Å². The van der Waals surface area contributed by atoms with Gasteiger partial charge < -0.3 is 10.2 Å². The largest absolute Gasteiger partial charge is 0.344 e. The third kappa shape index (κ3) is 3.98. The number of rotatable bonds is 7. The van der Waals surface area contributed by atoms with Gasteiger partial charge in [-0.2, -0.15) is 0 Å². The first-order valence-electron chi connectivity index (χ1n) is 9.38. The van der Waals surface area contributed by atoms with E-state index in [2.05, 4.69) is 30.6 Å². The standard InChI is InChI=1S/C21H26N2O2S/c1-3-15(4-2)20(18-7-6-14-26-18)22-21(25)16-9-11-17(12-10-16)23-13-5-8-19(23)24/h6-7,9-12,14-15,20H,3-5,8,13H2,1-2H3,(H,22,25). The van der Waals surface area contributed by atoms with Crippen LogP contribution in [0.25, 0.3) is 0 Å². The predicted octanol–water partition coefficient (Wildman–Crippen LogP) is 4.78. The molecule has 138 valence electrons. The minimum Gasteiger partial charge on any atom is -0.344 e. The molecule has 5 heteroatoms. The molecule has 0 radical (unpaired) electrons. The third-order valence-corrected chi connectivity index (χ3v) is 6.13. The lowest BCUT2D eigenvalue weighted by Gasteiger charge is -2.25. The lowest BCUT2D eigenvalue weighted by molar-refractivity contribution is -0.117. The van der Waals surface area contributed by atoms with E-state index in [4.69, 9.17) is 0 Å². The molecule has 1 fully saturated rings. The van der Waals surface area contributed by atoms with Gasteiger partial charge in [-0.15, -0.1) is 11.3 Å². The Hall–Kier alpha value is -2.14. The summed E-state index contributed by atoms with van der Waals surface area (Å²) < 4.78 is 0. The van der Waals surface area contributed by atoms with E-state index in [1.54, 1.807) is 16.2 Å². The molecule has 1 aromatic heterocycles. The normalized spacial score (nSPS) is 15.5. The minimum atomic E-state index is -0.0606. The van der Waals surface area contributed by atoms with Crippen molar-refractivity contribution in [2.75, 3.05) is 11.4 Å². The fourth-order valence-corrected chi connectivity index (χ4v) is 4.46. The highest BCUT2D eigenvalue weighted by Gasteiger charge is 2.25. The summed E-state index contributed by atoms with van der Waals surface area (Å²) in [4.78, 5) is 27.6. The highest BCUT2D eigenvalue weighted by atomic mass is 32.1. The Bertz CT molecular complexity index is 736. The molecule has 0 bridgehead atoms. The molecule has 1 aliphatic heterocycles. The number of hydrogen-bond acceptors (Lipinski definition) is 3. The first kappa shape index (κ1) is 18.6. The van der Waals surface area contributed by atoms with Crippen molar-refractivity contribution in [3.63, 3.8) is 0 Å². The molecule has 2 heterocycles. The monoisotopic (exact) mass is 370 g/mol. The second kappa shape index (κ2) is 8.49. The Morgan fingerprint density at radius 1 is 1.19 bits per heavy atom. The average molecular weight is 371 g/mol. The number of anilines is 1. The number of nitrogens with zero attached hydrogens (tertiary/aromatic N) is 1. The molecule has 1 aliphatic rings. The highest BCUT2D eigenvalue weighted by molar-refractivity contribution is 7.10. The van der Waals surface area contributed by atoms with E-state index in [9.17, 15) is 9.59 Å². The lowest BCUT2D eigenvalue weighted by atomic mass is 9.92. The van der Waals surface area contributed by atoms with Gasteiger partial charge in [0.1, 0.15) is 0 Å². The molecular formula is C21H26N2O2S. The summed E-state index contributed by atoms with van der Waals surface area (Å²) in [6.07, 6.45) is 3.56. The van der Waals surface area contributed by atoms with Crippen molar-refractivity contribution in [3.05, 3.63) is 52.2 Å². The molecule has 1 atom stereocenters. The molecule has 0 saturated carbocycles. The first-order valence-corrected chi connectivity index (χ1v) is 10.3. The summed E-state index contributed by atoms with van der Waals surface area (Å²) in [5, 5.41) is 5.28. The van der Waals surface area contributed by atoms with Crippen LogP contribution in [-0.4, -0.2) is 18.4 Å². The van der Waals surface area contributed by atoms with Gasteiger partial charge in [-0.1, -0.05) is 32.8 Å². The quantitative estimate of drug-likeness (QED) is 0.762.